The van der Waals surface area contributed by atoms with E-state index in [4.69, 9.17) is 0 Å². The van der Waals surface area contributed by atoms with Crippen molar-refractivity contribution in [2.75, 3.05) is 5.75 Å². The molecule has 1 aliphatic heterocycles. The first-order chi connectivity index (χ1) is 3.39. The van der Waals surface area contributed by atoms with Gasteiger partial charge in [-0.1, -0.05) is 0 Å². The van der Waals surface area contributed by atoms with Crippen molar-refractivity contribution in [1.82, 2.24) is 0 Å². The number of hydrogen-bond acceptors (Lipinski definition) is 1. The van der Waals surface area contributed by atoms with Crippen LogP contribution in [0.15, 0.2) is 0 Å². The third-order valence-electron chi connectivity index (χ3n) is 0.997. The molecule has 0 aromatic rings. The molecule has 1 rings (SSSR count). The first-order valence-corrected chi connectivity index (χ1v) is 6.69. The molecule has 1 fully saturated rings. The summed E-state index contributed by atoms with van der Waals surface area (Å²) in [6.07, 6.45) is 1.38. The summed E-state index contributed by atoms with van der Waals surface area (Å²) in [5.41, 5.74) is 3.99. The first kappa shape index (κ1) is 5.96. The quantitative estimate of drug-likeness (QED) is 0.516. The van der Waals surface area contributed by atoms with E-state index in [0.717, 1.165) is 19.9 Å². The Morgan fingerprint density at radius 2 is 2.57 bits per heavy atom. The van der Waals surface area contributed by atoms with Crippen LogP contribution in [0.1, 0.15) is 6.42 Å². The molecule has 1 aliphatic rings. The summed E-state index contributed by atoms with van der Waals surface area (Å²) in [5, 5.41) is 1.45. The second kappa shape index (κ2) is 2.98. The predicted octanol–water partition coefficient (Wildman–Crippen LogP) is -0.229. The molecule has 1 saturated heterocycles. The molecular formula is C4H10NSSe+. The van der Waals surface area contributed by atoms with E-state index < -0.39 is 0 Å². The molecule has 7 heavy (non-hydrogen) atoms. The van der Waals surface area contributed by atoms with Crippen LogP contribution in [0.25, 0.3) is 0 Å². The maximum absolute atomic E-state index is 3.99. The van der Waals surface area contributed by atoms with E-state index >= 15 is 0 Å². The van der Waals surface area contributed by atoms with Gasteiger partial charge in [0, 0.05) is 0 Å². The van der Waals surface area contributed by atoms with Gasteiger partial charge in [-0.3, -0.25) is 0 Å². The Bertz CT molecular complexity index is 53.7. The van der Waals surface area contributed by atoms with Crippen LogP contribution in [0.2, 0.25) is 5.32 Å². The Labute approximate surface area is 53.6 Å². The van der Waals surface area contributed by atoms with E-state index in [0.29, 0.717) is 0 Å². The van der Waals surface area contributed by atoms with Gasteiger partial charge in [0.2, 0.25) is 0 Å². The number of rotatable bonds is 0. The molecule has 0 aliphatic carbocycles. The molecule has 0 saturated carbocycles. The van der Waals surface area contributed by atoms with Crippen LogP contribution >= 0.6 is 10.2 Å². The van der Waals surface area contributed by atoms with Gasteiger partial charge in [0.15, 0.2) is 0 Å². The van der Waals surface area contributed by atoms with Gasteiger partial charge in [0.1, 0.15) is 0 Å². The minimum absolute atomic E-state index is 0.764. The molecule has 0 amide bonds. The standard InChI is InChI=1S/C4H9NSSe/c5-4-1-2-7-6-3-4/h4H,1-3,5H2/p+1/t4-/m0/s1. The molecule has 1 heterocycles. The summed E-state index contributed by atoms with van der Waals surface area (Å²) in [4.78, 5) is 0. The molecule has 1 atom stereocenters. The van der Waals surface area contributed by atoms with Crippen LogP contribution in [0.3, 0.4) is 0 Å². The molecule has 0 unspecified atom stereocenters. The molecule has 0 aromatic carbocycles. The van der Waals surface area contributed by atoms with Gasteiger partial charge in [-0.15, -0.1) is 0 Å². The summed E-state index contributed by atoms with van der Waals surface area (Å²) in [5.74, 6) is 1.32. The molecular weight excluding hydrogens is 173 g/mol. The van der Waals surface area contributed by atoms with Gasteiger partial charge in [-0.05, 0) is 0 Å². The average Bonchev–Trinajstić information content (AvgIpc) is 1.69. The van der Waals surface area contributed by atoms with Crippen molar-refractivity contribution in [3.63, 3.8) is 0 Å². The summed E-state index contributed by atoms with van der Waals surface area (Å²) in [6, 6.07) is 0.764. The Morgan fingerprint density at radius 1 is 1.71 bits per heavy atom. The Hall–Kier alpha value is 0.829. The van der Waals surface area contributed by atoms with Crippen LogP contribution in [-0.4, -0.2) is 25.6 Å². The van der Waals surface area contributed by atoms with Gasteiger partial charge in [-0.25, -0.2) is 0 Å². The van der Waals surface area contributed by atoms with E-state index in [1.807, 2.05) is 0 Å². The second-order valence-electron chi connectivity index (χ2n) is 1.76. The Morgan fingerprint density at radius 3 is 2.86 bits per heavy atom. The van der Waals surface area contributed by atoms with Gasteiger partial charge >= 0.3 is 53.3 Å². The third-order valence-corrected chi connectivity index (χ3v) is 5.39. The zero-order valence-electron chi connectivity index (χ0n) is 4.22. The average molecular weight is 183 g/mol. The Balaban J connectivity index is 2.12. The van der Waals surface area contributed by atoms with Crippen LogP contribution in [0.4, 0.5) is 0 Å². The molecule has 0 bridgehead atoms. The van der Waals surface area contributed by atoms with Crippen molar-refractivity contribution < 1.29 is 5.73 Å². The number of hydrogen-bond donors (Lipinski definition) is 1. The Kier molecular flexibility index (Phi) is 2.53. The van der Waals surface area contributed by atoms with E-state index in [2.05, 4.69) is 15.9 Å². The van der Waals surface area contributed by atoms with Crippen molar-refractivity contribution in [3.8, 4) is 0 Å². The summed E-state index contributed by atoms with van der Waals surface area (Å²) >= 11 is 0.911. The van der Waals surface area contributed by atoms with Gasteiger partial charge < -0.3 is 0 Å². The van der Waals surface area contributed by atoms with Gasteiger partial charge in [-0.2, -0.15) is 0 Å². The molecule has 0 aromatic heterocycles. The fourth-order valence-corrected chi connectivity index (χ4v) is 5.03. The third kappa shape index (κ3) is 2.04. The fraction of sp³-hybridized carbons (Fsp3) is 1.00. The van der Waals surface area contributed by atoms with Gasteiger partial charge in [0.25, 0.3) is 0 Å². The van der Waals surface area contributed by atoms with E-state index in [1.54, 1.807) is 0 Å². The van der Waals surface area contributed by atoms with E-state index in [-0.39, 0.29) is 0 Å². The normalized spacial score (nSPS) is 33.0. The van der Waals surface area contributed by atoms with Crippen molar-refractivity contribution in [2.24, 2.45) is 0 Å². The monoisotopic (exact) mass is 184 g/mol. The zero-order valence-corrected chi connectivity index (χ0v) is 6.75. The summed E-state index contributed by atoms with van der Waals surface area (Å²) < 4.78 is 0. The molecule has 42 valence electrons. The second-order valence-corrected chi connectivity index (χ2v) is 6.39. The molecule has 1 nitrogen and oxygen atoms in total. The van der Waals surface area contributed by atoms with E-state index in [9.17, 15) is 0 Å². The minimum atomic E-state index is 0.764. The van der Waals surface area contributed by atoms with Crippen molar-refractivity contribution in [2.45, 2.75) is 17.8 Å². The summed E-state index contributed by atoms with van der Waals surface area (Å²) in [7, 11) is 2.10. The van der Waals surface area contributed by atoms with Gasteiger partial charge in [0.05, 0.1) is 0 Å². The maximum atomic E-state index is 3.99. The van der Waals surface area contributed by atoms with Crippen molar-refractivity contribution in [3.05, 3.63) is 0 Å². The summed E-state index contributed by atoms with van der Waals surface area (Å²) in [6.45, 7) is 0. The SMILES string of the molecule is [NH3+][C@H]1CC[Se]SC1. The predicted molar refractivity (Wildman–Crippen MR) is 34.3 cm³/mol. The van der Waals surface area contributed by atoms with Crippen molar-refractivity contribution in [1.29, 1.82) is 0 Å². The molecule has 3 heteroatoms. The molecule has 0 radical (unpaired) electrons. The zero-order chi connectivity index (χ0) is 5.11. The van der Waals surface area contributed by atoms with Crippen LogP contribution in [0.5, 0.6) is 0 Å². The molecule has 0 spiro atoms. The number of quaternary nitrogens is 1. The first-order valence-electron chi connectivity index (χ1n) is 2.47. The van der Waals surface area contributed by atoms with E-state index in [1.165, 1.54) is 17.5 Å². The fourth-order valence-electron chi connectivity index (χ4n) is 0.501. The van der Waals surface area contributed by atoms with Crippen molar-refractivity contribution >= 4 is 24.0 Å². The topological polar surface area (TPSA) is 27.6 Å². The van der Waals surface area contributed by atoms with Crippen LogP contribution in [-0.2, 0) is 0 Å². The van der Waals surface area contributed by atoms with Crippen LogP contribution in [0, 0.1) is 0 Å². The van der Waals surface area contributed by atoms with Crippen LogP contribution < -0.4 is 5.73 Å². The molecule has 3 N–H and O–H groups in total.